The number of hydrogen-bond acceptors (Lipinski definition) is 4. The molecule has 1 aliphatic rings. The van der Waals surface area contributed by atoms with Crippen LogP contribution in [0.25, 0.3) is 0 Å². The molecule has 3 atom stereocenters. The molecule has 0 saturated heterocycles. The van der Waals surface area contributed by atoms with Gasteiger partial charge in [0.1, 0.15) is 0 Å². The van der Waals surface area contributed by atoms with Gasteiger partial charge in [0.2, 0.25) is 11.7 Å². The van der Waals surface area contributed by atoms with Crippen LogP contribution < -0.4 is 19.5 Å². The van der Waals surface area contributed by atoms with E-state index < -0.39 is 0 Å². The van der Waals surface area contributed by atoms with Crippen LogP contribution in [-0.2, 0) is 11.2 Å². The number of hydrogen-bond donors (Lipinski definition) is 1. The normalized spacial score (nSPS) is 23.0. The molecule has 1 N–H and O–H groups in total. The van der Waals surface area contributed by atoms with Crippen LogP contribution in [0.15, 0.2) is 12.1 Å². The summed E-state index contributed by atoms with van der Waals surface area (Å²) in [5.41, 5.74) is 0.995. The van der Waals surface area contributed by atoms with E-state index in [0.29, 0.717) is 48.0 Å². The molecular formula is C20H31NO4. The average molecular weight is 349 g/mol. The third-order valence-corrected chi connectivity index (χ3v) is 5.42. The summed E-state index contributed by atoms with van der Waals surface area (Å²) in [5, 5.41) is 3.22. The molecule has 0 bridgehead atoms. The molecule has 25 heavy (non-hydrogen) atoms. The molecule has 1 saturated carbocycles. The maximum Gasteiger partial charge on any atom is 0.220 e. The first-order valence-electron chi connectivity index (χ1n) is 9.08. The van der Waals surface area contributed by atoms with Gasteiger partial charge in [0, 0.05) is 12.5 Å². The predicted octanol–water partition coefficient (Wildman–Crippen LogP) is 3.59. The zero-order valence-corrected chi connectivity index (χ0v) is 16.1. The molecule has 140 valence electrons. The molecule has 0 unspecified atom stereocenters. The number of ether oxygens (including phenoxy) is 3. The van der Waals surface area contributed by atoms with Crippen molar-refractivity contribution in [2.75, 3.05) is 21.3 Å². The molecule has 0 aromatic heterocycles. The van der Waals surface area contributed by atoms with Gasteiger partial charge in [0.25, 0.3) is 0 Å². The fourth-order valence-electron chi connectivity index (χ4n) is 3.60. The molecule has 1 fully saturated rings. The minimum absolute atomic E-state index is 0.111. The number of benzene rings is 1. The standard InChI is InChI=1S/C20H31NO4/c1-13-7-6-8-16(14(13)2)21-19(22)10-9-15-11-17(23-3)20(25-5)18(12-15)24-4/h11-14,16H,6-10H2,1-5H3,(H,21,22)/t13-,14-,16+/m0/s1. The summed E-state index contributed by atoms with van der Waals surface area (Å²) in [6, 6.07) is 4.11. The molecule has 0 spiro atoms. The number of nitrogens with one attached hydrogen (secondary N) is 1. The van der Waals surface area contributed by atoms with Crippen molar-refractivity contribution >= 4 is 5.91 Å². The fourth-order valence-corrected chi connectivity index (χ4v) is 3.60. The van der Waals surface area contributed by atoms with Crippen LogP contribution in [0.4, 0.5) is 0 Å². The maximum atomic E-state index is 12.4. The van der Waals surface area contributed by atoms with E-state index in [1.54, 1.807) is 21.3 Å². The fraction of sp³-hybridized carbons (Fsp3) is 0.650. The van der Waals surface area contributed by atoms with Crippen molar-refractivity contribution in [1.82, 2.24) is 5.32 Å². The summed E-state index contributed by atoms with van der Waals surface area (Å²) in [6.45, 7) is 4.52. The Morgan fingerprint density at radius 1 is 1.08 bits per heavy atom. The largest absolute Gasteiger partial charge is 0.493 e. The minimum atomic E-state index is 0.111. The number of amides is 1. The lowest BCUT2D eigenvalue weighted by molar-refractivity contribution is -0.122. The monoisotopic (exact) mass is 349 g/mol. The van der Waals surface area contributed by atoms with Crippen LogP contribution in [0.3, 0.4) is 0 Å². The Hall–Kier alpha value is -1.91. The first-order valence-corrected chi connectivity index (χ1v) is 9.08. The number of carbonyl (C=O) groups excluding carboxylic acids is 1. The highest BCUT2D eigenvalue weighted by atomic mass is 16.5. The highest BCUT2D eigenvalue weighted by molar-refractivity contribution is 5.76. The second kappa shape index (κ2) is 8.97. The number of rotatable bonds is 7. The number of carbonyl (C=O) groups is 1. The van der Waals surface area contributed by atoms with Crippen molar-refractivity contribution in [3.05, 3.63) is 17.7 Å². The Balaban J connectivity index is 1.97. The van der Waals surface area contributed by atoms with Crippen molar-refractivity contribution in [2.24, 2.45) is 11.8 Å². The van der Waals surface area contributed by atoms with E-state index in [1.807, 2.05) is 12.1 Å². The van der Waals surface area contributed by atoms with Gasteiger partial charge >= 0.3 is 0 Å². The molecule has 0 radical (unpaired) electrons. The molecule has 2 rings (SSSR count). The van der Waals surface area contributed by atoms with Gasteiger partial charge in [-0.3, -0.25) is 4.79 Å². The molecule has 1 aromatic carbocycles. The molecule has 5 nitrogen and oxygen atoms in total. The predicted molar refractivity (Wildman–Crippen MR) is 98.5 cm³/mol. The smallest absolute Gasteiger partial charge is 0.220 e. The minimum Gasteiger partial charge on any atom is -0.493 e. The van der Waals surface area contributed by atoms with Crippen LogP contribution in [0.5, 0.6) is 17.2 Å². The summed E-state index contributed by atoms with van der Waals surface area (Å²) in [7, 11) is 4.78. The Bertz CT molecular complexity index is 562. The molecule has 5 heteroatoms. The lowest BCUT2D eigenvalue weighted by Gasteiger charge is -2.34. The van der Waals surface area contributed by atoms with Crippen LogP contribution in [0.2, 0.25) is 0 Å². The number of aryl methyl sites for hydroxylation is 1. The average Bonchev–Trinajstić information content (AvgIpc) is 2.62. The van der Waals surface area contributed by atoms with Crippen LogP contribution >= 0.6 is 0 Å². The SMILES string of the molecule is COc1cc(CCC(=O)N[C@@H]2CCC[C@H](C)[C@@H]2C)cc(OC)c1OC. The maximum absolute atomic E-state index is 12.4. The summed E-state index contributed by atoms with van der Waals surface area (Å²) in [5.74, 6) is 3.13. The van der Waals surface area contributed by atoms with Crippen molar-refractivity contribution in [3.63, 3.8) is 0 Å². The van der Waals surface area contributed by atoms with Crippen molar-refractivity contribution < 1.29 is 19.0 Å². The highest BCUT2D eigenvalue weighted by Gasteiger charge is 2.28. The van der Waals surface area contributed by atoms with Crippen LogP contribution in [0.1, 0.15) is 45.1 Å². The third-order valence-electron chi connectivity index (χ3n) is 5.42. The van der Waals surface area contributed by atoms with E-state index in [0.717, 1.165) is 12.0 Å². The van der Waals surface area contributed by atoms with Gasteiger partial charge in [-0.1, -0.05) is 26.7 Å². The van der Waals surface area contributed by atoms with E-state index in [1.165, 1.54) is 12.8 Å². The quantitative estimate of drug-likeness (QED) is 0.817. The van der Waals surface area contributed by atoms with Gasteiger partial charge in [-0.2, -0.15) is 0 Å². The highest BCUT2D eigenvalue weighted by Crippen LogP contribution is 2.38. The Kier molecular flexibility index (Phi) is 6.97. The summed E-state index contributed by atoms with van der Waals surface area (Å²) < 4.78 is 16.1. The van der Waals surface area contributed by atoms with Gasteiger partial charge in [-0.15, -0.1) is 0 Å². The second-order valence-electron chi connectivity index (χ2n) is 6.97. The zero-order valence-electron chi connectivity index (χ0n) is 16.1. The van der Waals surface area contributed by atoms with Crippen LogP contribution in [-0.4, -0.2) is 33.3 Å². The van der Waals surface area contributed by atoms with Crippen molar-refractivity contribution in [1.29, 1.82) is 0 Å². The Morgan fingerprint density at radius 2 is 1.72 bits per heavy atom. The van der Waals surface area contributed by atoms with Gasteiger partial charge in [-0.25, -0.2) is 0 Å². The topological polar surface area (TPSA) is 56.8 Å². The third kappa shape index (κ3) is 4.80. The molecule has 0 aliphatic heterocycles. The van der Waals surface area contributed by atoms with E-state index in [2.05, 4.69) is 19.2 Å². The van der Waals surface area contributed by atoms with Gasteiger partial charge in [-0.05, 0) is 42.4 Å². The first-order chi connectivity index (χ1) is 12.0. The van der Waals surface area contributed by atoms with E-state index >= 15 is 0 Å². The molecule has 1 aromatic rings. The number of methoxy groups -OCH3 is 3. The lowest BCUT2D eigenvalue weighted by atomic mass is 9.78. The van der Waals surface area contributed by atoms with Crippen LogP contribution in [0, 0.1) is 11.8 Å². The zero-order chi connectivity index (χ0) is 18.4. The first kappa shape index (κ1) is 19.4. The molecule has 1 aliphatic carbocycles. The molecule has 1 amide bonds. The molecular weight excluding hydrogens is 318 g/mol. The summed E-state index contributed by atoms with van der Waals surface area (Å²) >= 11 is 0. The van der Waals surface area contributed by atoms with Gasteiger partial charge < -0.3 is 19.5 Å². The van der Waals surface area contributed by atoms with Gasteiger partial charge in [0.05, 0.1) is 21.3 Å². The summed E-state index contributed by atoms with van der Waals surface area (Å²) in [6.07, 6.45) is 4.64. The van der Waals surface area contributed by atoms with E-state index in [4.69, 9.17) is 14.2 Å². The van der Waals surface area contributed by atoms with Gasteiger partial charge in [0.15, 0.2) is 11.5 Å². The van der Waals surface area contributed by atoms with Crippen molar-refractivity contribution in [3.8, 4) is 17.2 Å². The Morgan fingerprint density at radius 3 is 2.28 bits per heavy atom. The van der Waals surface area contributed by atoms with E-state index in [9.17, 15) is 4.79 Å². The molecule has 0 heterocycles. The lowest BCUT2D eigenvalue weighted by Crippen LogP contribution is -2.43. The summed E-state index contributed by atoms with van der Waals surface area (Å²) in [4.78, 5) is 12.4. The van der Waals surface area contributed by atoms with E-state index in [-0.39, 0.29) is 5.91 Å². The Labute approximate surface area is 151 Å². The van der Waals surface area contributed by atoms with Crippen molar-refractivity contribution in [2.45, 2.75) is 52.0 Å². The second-order valence-corrected chi connectivity index (χ2v) is 6.97.